The molecule has 2 N–H and O–H groups in total. The van der Waals surface area contributed by atoms with Crippen molar-refractivity contribution in [2.75, 3.05) is 13.7 Å². The summed E-state index contributed by atoms with van der Waals surface area (Å²) in [5.41, 5.74) is 1.11. The molecular weight excluding hydrogens is 378 g/mol. The number of amides is 2. The number of benzene rings is 2. The Kier molecular flexibility index (Phi) is 5.77. The molecule has 1 atom stereocenters. The Morgan fingerprint density at radius 3 is 2.55 bits per heavy atom. The Hall–Kier alpha value is -3.88. The molecule has 1 aliphatic heterocycles. The number of nitro benzene ring substituents is 1. The van der Waals surface area contributed by atoms with Crippen molar-refractivity contribution in [1.82, 2.24) is 10.6 Å². The fourth-order valence-electron chi connectivity index (χ4n) is 3.11. The first-order valence-corrected chi connectivity index (χ1v) is 8.82. The van der Waals surface area contributed by atoms with Crippen LogP contribution >= 0.6 is 0 Å². The van der Waals surface area contributed by atoms with Gasteiger partial charge in [0, 0.05) is 6.07 Å². The van der Waals surface area contributed by atoms with Crippen LogP contribution in [0.4, 0.5) is 10.5 Å². The standard InChI is InChI=1S/C20H19N3O6/c1-3-29-15-10-9-13(11-14(15)23(26)27)18-16(19(24)28-2)17(21-20(25)22-18)12-7-5-4-6-8-12/h4-11,18H,3H2,1-2H3,(H2,21,22,25). The first kappa shape index (κ1) is 19.9. The molecule has 2 amide bonds. The van der Waals surface area contributed by atoms with Gasteiger partial charge in [-0.2, -0.15) is 0 Å². The first-order chi connectivity index (χ1) is 14.0. The molecule has 0 aliphatic carbocycles. The van der Waals surface area contributed by atoms with Gasteiger partial charge in [0.1, 0.15) is 0 Å². The van der Waals surface area contributed by atoms with Gasteiger partial charge in [0.05, 0.1) is 36.0 Å². The lowest BCUT2D eigenvalue weighted by Crippen LogP contribution is -2.45. The van der Waals surface area contributed by atoms with Crippen molar-refractivity contribution < 1.29 is 24.0 Å². The van der Waals surface area contributed by atoms with Gasteiger partial charge in [-0.3, -0.25) is 10.1 Å². The number of ether oxygens (including phenoxy) is 2. The van der Waals surface area contributed by atoms with Crippen molar-refractivity contribution in [1.29, 1.82) is 0 Å². The molecule has 0 bridgehead atoms. The summed E-state index contributed by atoms with van der Waals surface area (Å²) in [4.78, 5) is 35.8. The highest BCUT2D eigenvalue weighted by Crippen LogP contribution is 2.36. The predicted molar refractivity (Wildman–Crippen MR) is 104 cm³/mol. The van der Waals surface area contributed by atoms with Gasteiger partial charge >= 0.3 is 17.7 Å². The zero-order chi connectivity index (χ0) is 21.0. The van der Waals surface area contributed by atoms with E-state index in [2.05, 4.69) is 10.6 Å². The van der Waals surface area contributed by atoms with E-state index in [1.54, 1.807) is 43.3 Å². The molecule has 0 radical (unpaired) electrons. The Bertz CT molecular complexity index is 987. The number of hydrogen-bond acceptors (Lipinski definition) is 6. The summed E-state index contributed by atoms with van der Waals surface area (Å²) in [6, 6.07) is 11.6. The van der Waals surface area contributed by atoms with Gasteiger partial charge in [-0.05, 0) is 24.1 Å². The summed E-state index contributed by atoms with van der Waals surface area (Å²) in [6.07, 6.45) is 0. The first-order valence-electron chi connectivity index (χ1n) is 8.82. The summed E-state index contributed by atoms with van der Waals surface area (Å²) < 4.78 is 10.2. The van der Waals surface area contributed by atoms with E-state index in [9.17, 15) is 19.7 Å². The van der Waals surface area contributed by atoms with E-state index in [-0.39, 0.29) is 29.3 Å². The monoisotopic (exact) mass is 397 g/mol. The maximum atomic E-state index is 12.6. The average Bonchev–Trinajstić information content (AvgIpc) is 2.73. The second kappa shape index (κ2) is 8.42. The van der Waals surface area contributed by atoms with Gasteiger partial charge in [0.25, 0.3) is 0 Å². The minimum absolute atomic E-state index is 0.105. The smallest absolute Gasteiger partial charge is 0.338 e. The SMILES string of the molecule is CCOc1ccc(C2NC(=O)NC(c3ccccc3)=C2C(=O)OC)cc1[N+](=O)[O-]. The van der Waals surface area contributed by atoms with E-state index in [1.807, 2.05) is 0 Å². The number of rotatable bonds is 6. The van der Waals surface area contributed by atoms with Crippen molar-refractivity contribution >= 4 is 23.4 Å². The minimum Gasteiger partial charge on any atom is -0.487 e. The van der Waals surface area contributed by atoms with Crippen LogP contribution < -0.4 is 15.4 Å². The molecule has 0 fully saturated rings. The van der Waals surface area contributed by atoms with E-state index in [0.29, 0.717) is 11.1 Å². The number of methoxy groups -OCH3 is 1. The lowest BCUT2D eigenvalue weighted by atomic mass is 9.92. The third kappa shape index (κ3) is 4.03. The van der Waals surface area contributed by atoms with Crippen LogP contribution in [0.1, 0.15) is 24.1 Å². The van der Waals surface area contributed by atoms with Crippen LogP contribution in [-0.2, 0) is 9.53 Å². The van der Waals surface area contributed by atoms with Gasteiger partial charge in [0.2, 0.25) is 0 Å². The van der Waals surface area contributed by atoms with Crippen molar-refractivity contribution in [2.45, 2.75) is 13.0 Å². The van der Waals surface area contributed by atoms with Gasteiger partial charge < -0.3 is 20.1 Å². The fraction of sp³-hybridized carbons (Fsp3) is 0.200. The van der Waals surface area contributed by atoms with E-state index in [0.717, 1.165) is 0 Å². The highest BCUT2D eigenvalue weighted by Gasteiger charge is 2.35. The Labute approximate surface area is 166 Å². The predicted octanol–water partition coefficient (Wildman–Crippen LogP) is 2.93. The van der Waals surface area contributed by atoms with Gasteiger partial charge in [-0.15, -0.1) is 0 Å². The Balaban J connectivity index is 2.18. The van der Waals surface area contributed by atoms with Crippen LogP contribution in [0, 0.1) is 10.1 Å². The molecule has 1 heterocycles. The van der Waals surface area contributed by atoms with Crippen LogP contribution in [0.15, 0.2) is 54.1 Å². The van der Waals surface area contributed by atoms with E-state index >= 15 is 0 Å². The normalized spacial score (nSPS) is 15.9. The topological polar surface area (TPSA) is 120 Å². The highest BCUT2D eigenvalue weighted by molar-refractivity contribution is 6.04. The minimum atomic E-state index is -0.944. The van der Waals surface area contributed by atoms with Crippen LogP contribution in [0.5, 0.6) is 5.75 Å². The molecule has 29 heavy (non-hydrogen) atoms. The zero-order valence-corrected chi connectivity index (χ0v) is 15.8. The molecule has 0 saturated carbocycles. The summed E-state index contributed by atoms with van der Waals surface area (Å²) in [6.45, 7) is 1.98. The molecule has 0 spiro atoms. The van der Waals surface area contributed by atoms with E-state index in [1.165, 1.54) is 19.2 Å². The van der Waals surface area contributed by atoms with Gasteiger partial charge in [-0.1, -0.05) is 36.4 Å². The Morgan fingerprint density at radius 1 is 1.21 bits per heavy atom. The second-order valence-corrected chi connectivity index (χ2v) is 6.10. The quantitative estimate of drug-likeness (QED) is 0.439. The van der Waals surface area contributed by atoms with Gasteiger partial charge in [-0.25, -0.2) is 9.59 Å². The fourth-order valence-corrected chi connectivity index (χ4v) is 3.11. The average molecular weight is 397 g/mol. The molecule has 9 nitrogen and oxygen atoms in total. The summed E-state index contributed by atoms with van der Waals surface area (Å²) in [5.74, 6) is -0.564. The summed E-state index contributed by atoms with van der Waals surface area (Å²) in [7, 11) is 1.23. The van der Waals surface area contributed by atoms with Crippen molar-refractivity contribution in [2.24, 2.45) is 0 Å². The molecule has 2 aromatic carbocycles. The third-order valence-electron chi connectivity index (χ3n) is 4.35. The maximum absolute atomic E-state index is 12.6. The molecule has 1 aliphatic rings. The third-order valence-corrected chi connectivity index (χ3v) is 4.35. The van der Waals surface area contributed by atoms with Crippen LogP contribution in [0.3, 0.4) is 0 Å². The molecule has 9 heteroatoms. The van der Waals surface area contributed by atoms with Crippen molar-refractivity contribution in [3.05, 3.63) is 75.3 Å². The van der Waals surface area contributed by atoms with Crippen molar-refractivity contribution in [3.8, 4) is 5.75 Å². The molecule has 0 aromatic heterocycles. The van der Waals surface area contributed by atoms with Crippen LogP contribution in [-0.4, -0.2) is 30.6 Å². The second-order valence-electron chi connectivity index (χ2n) is 6.10. The molecule has 0 saturated heterocycles. The highest BCUT2D eigenvalue weighted by atomic mass is 16.6. The van der Waals surface area contributed by atoms with Crippen LogP contribution in [0.2, 0.25) is 0 Å². The zero-order valence-electron chi connectivity index (χ0n) is 15.8. The number of carbonyl (C=O) groups is 2. The molecular formula is C20H19N3O6. The molecule has 1 unspecified atom stereocenters. The lowest BCUT2D eigenvalue weighted by molar-refractivity contribution is -0.385. The summed E-state index contributed by atoms with van der Waals surface area (Å²) in [5, 5.41) is 16.8. The molecule has 3 rings (SSSR count). The Morgan fingerprint density at radius 2 is 1.93 bits per heavy atom. The number of nitrogens with one attached hydrogen (secondary N) is 2. The van der Waals surface area contributed by atoms with Crippen LogP contribution in [0.25, 0.3) is 5.70 Å². The molecule has 2 aromatic rings. The van der Waals surface area contributed by atoms with Gasteiger partial charge in [0.15, 0.2) is 5.75 Å². The number of nitro groups is 1. The lowest BCUT2D eigenvalue weighted by Gasteiger charge is -2.29. The number of urea groups is 1. The van der Waals surface area contributed by atoms with E-state index < -0.39 is 23.0 Å². The summed E-state index contributed by atoms with van der Waals surface area (Å²) >= 11 is 0. The van der Waals surface area contributed by atoms with Crippen molar-refractivity contribution in [3.63, 3.8) is 0 Å². The number of esters is 1. The maximum Gasteiger partial charge on any atom is 0.338 e. The largest absolute Gasteiger partial charge is 0.487 e. The number of carbonyl (C=O) groups excluding carboxylic acids is 2. The van der Waals surface area contributed by atoms with E-state index in [4.69, 9.17) is 9.47 Å². The number of hydrogen-bond donors (Lipinski definition) is 2. The molecule has 150 valence electrons. The number of nitrogens with zero attached hydrogens (tertiary/aromatic N) is 1.